The molecule has 1 aliphatic rings. The van der Waals surface area contributed by atoms with Crippen molar-refractivity contribution in [2.24, 2.45) is 0 Å². The molecule has 0 saturated carbocycles. The van der Waals surface area contributed by atoms with Gasteiger partial charge in [0.1, 0.15) is 11.9 Å². The quantitative estimate of drug-likeness (QED) is 0.911. The summed E-state index contributed by atoms with van der Waals surface area (Å²) in [6.45, 7) is 3.20. The van der Waals surface area contributed by atoms with E-state index in [-0.39, 0.29) is 6.10 Å². The first-order valence-electron chi connectivity index (χ1n) is 6.73. The van der Waals surface area contributed by atoms with Gasteiger partial charge in [0.25, 0.3) is 0 Å². The van der Waals surface area contributed by atoms with Gasteiger partial charge in [0.15, 0.2) is 0 Å². The predicted molar refractivity (Wildman–Crippen MR) is 76.2 cm³/mol. The standard InChI is InChI=1S/C16H18N2O/c1-12(16-7-8-18-16)19-15-9-14(10-17-11-15)13-5-3-2-4-6-13/h2-6,9-12,16,18H,7-8H2,1H3/t12?,16-/m0/s1. The molecule has 3 rings (SSSR count). The Kier molecular flexibility index (Phi) is 3.47. The molecule has 1 aliphatic heterocycles. The number of aromatic nitrogens is 1. The molecule has 19 heavy (non-hydrogen) atoms. The van der Waals surface area contributed by atoms with Gasteiger partial charge in [0, 0.05) is 17.8 Å². The Bertz CT molecular complexity index is 537. The van der Waals surface area contributed by atoms with E-state index in [1.54, 1.807) is 6.20 Å². The summed E-state index contributed by atoms with van der Waals surface area (Å²) in [6.07, 6.45) is 5.02. The number of benzene rings is 1. The van der Waals surface area contributed by atoms with Crippen molar-refractivity contribution in [1.82, 2.24) is 10.3 Å². The van der Waals surface area contributed by atoms with Gasteiger partial charge in [-0.2, -0.15) is 0 Å². The van der Waals surface area contributed by atoms with E-state index < -0.39 is 0 Å². The molecule has 2 atom stereocenters. The maximum atomic E-state index is 5.96. The normalized spacial score (nSPS) is 19.5. The maximum Gasteiger partial charge on any atom is 0.138 e. The van der Waals surface area contributed by atoms with Crippen LogP contribution >= 0.6 is 0 Å². The van der Waals surface area contributed by atoms with Gasteiger partial charge in [-0.3, -0.25) is 4.98 Å². The predicted octanol–water partition coefficient (Wildman–Crippen LogP) is 2.88. The molecule has 1 aromatic heterocycles. The van der Waals surface area contributed by atoms with Crippen molar-refractivity contribution in [2.75, 3.05) is 6.54 Å². The molecule has 2 heterocycles. The van der Waals surface area contributed by atoms with Crippen LogP contribution in [0, 0.1) is 0 Å². The fourth-order valence-electron chi connectivity index (χ4n) is 2.28. The number of hydrogen-bond acceptors (Lipinski definition) is 3. The lowest BCUT2D eigenvalue weighted by Crippen LogP contribution is -2.51. The summed E-state index contributed by atoms with van der Waals surface area (Å²) in [4.78, 5) is 4.27. The summed E-state index contributed by atoms with van der Waals surface area (Å²) in [5.41, 5.74) is 2.25. The highest BCUT2D eigenvalue weighted by Crippen LogP contribution is 2.23. The van der Waals surface area contributed by atoms with Crippen LogP contribution in [-0.2, 0) is 0 Å². The Morgan fingerprint density at radius 2 is 2.00 bits per heavy atom. The van der Waals surface area contributed by atoms with Gasteiger partial charge in [-0.15, -0.1) is 0 Å². The smallest absolute Gasteiger partial charge is 0.138 e. The molecule has 1 saturated heterocycles. The molecule has 0 spiro atoms. The zero-order chi connectivity index (χ0) is 13.1. The van der Waals surface area contributed by atoms with Crippen LogP contribution in [0.2, 0.25) is 0 Å². The van der Waals surface area contributed by atoms with Gasteiger partial charge in [-0.25, -0.2) is 0 Å². The molecular formula is C16H18N2O. The fourth-order valence-corrected chi connectivity index (χ4v) is 2.28. The van der Waals surface area contributed by atoms with Crippen LogP contribution in [-0.4, -0.2) is 23.7 Å². The minimum atomic E-state index is 0.182. The molecule has 98 valence electrons. The van der Waals surface area contributed by atoms with Crippen LogP contribution in [0.15, 0.2) is 48.8 Å². The number of rotatable bonds is 4. The van der Waals surface area contributed by atoms with Gasteiger partial charge in [-0.1, -0.05) is 30.3 Å². The van der Waals surface area contributed by atoms with Crippen molar-refractivity contribution in [2.45, 2.75) is 25.5 Å². The number of nitrogens with zero attached hydrogens (tertiary/aromatic N) is 1. The summed E-state index contributed by atoms with van der Waals surface area (Å²) in [5.74, 6) is 0.836. The lowest BCUT2D eigenvalue weighted by Gasteiger charge is -2.33. The van der Waals surface area contributed by atoms with E-state index in [1.807, 2.05) is 24.4 Å². The molecule has 0 amide bonds. The minimum Gasteiger partial charge on any atom is -0.487 e. The van der Waals surface area contributed by atoms with Crippen molar-refractivity contribution in [1.29, 1.82) is 0 Å². The van der Waals surface area contributed by atoms with Gasteiger partial charge >= 0.3 is 0 Å². The molecule has 0 aliphatic carbocycles. The topological polar surface area (TPSA) is 34.1 Å². The zero-order valence-electron chi connectivity index (χ0n) is 11.0. The van der Waals surface area contributed by atoms with Crippen LogP contribution in [0.25, 0.3) is 11.1 Å². The fraction of sp³-hybridized carbons (Fsp3) is 0.312. The highest BCUT2D eigenvalue weighted by Gasteiger charge is 2.24. The Balaban J connectivity index is 1.76. The summed E-state index contributed by atoms with van der Waals surface area (Å²) < 4.78 is 5.96. The van der Waals surface area contributed by atoms with Crippen molar-refractivity contribution in [3.05, 3.63) is 48.8 Å². The molecule has 0 radical (unpaired) electrons. The number of pyridine rings is 1. The molecule has 3 nitrogen and oxygen atoms in total. The Morgan fingerprint density at radius 1 is 1.21 bits per heavy atom. The van der Waals surface area contributed by atoms with E-state index in [2.05, 4.69) is 35.4 Å². The summed E-state index contributed by atoms with van der Waals surface area (Å²) in [5, 5.41) is 3.37. The molecule has 1 N–H and O–H groups in total. The van der Waals surface area contributed by atoms with Crippen molar-refractivity contribution >= 4 is 0 Å². The molecule has 1 aromatic carbocycles. The van der Waals surface area contributed by atoms with Crippen LogP contribution in [0.1, 0.15) is 13.3 Å². The highest BCUT2D eigenvalue weighted by molar-refractivity contribution is 5.63. The Labute approximate surface area is 113 Å². The molecule has 2 aromatic rings. The second-order valence-electron chi connectivity index (χ2n) is 4.95. The van der Waals surface area contributed by atoms with Crippen LogP contribution < -0.4 is 10.1 Å². The van der Waals surface area contributed by atoms with Crippen molar-refractivity contribution < 1.29 is 4.74 Å². The lowest BCUT2D eigenvalue weighted by molar-refractivity contribution is 0.133. The average Bonchev–Trinajstić information content (AvgIpc) is 2.38. The van der Waals surface area contributed by atoms with E-state index in [0.29, 0.717) is 6.04 Å². The maximum absolute atomic E-state index is 5.96. The number of hydrogen-bond donors (Lipinski definition) is 1. The summed E-state index contributed by atoms with van der Waals surface area (Å²) >= 11 is 0. The first-order chi connectivity index (χ1) is 9.33. The Hall–Kier alpha value is -1.87. The SMILES string of the molecule is CC(Oc1cncc(-c2ccccc2)c1)[C@@H]1CCN1. The second kappa shape index (κ2) is 5.41. The summed E-state index contributed by atoms with van der Waals surface area (Å²) in [6, 6.07) is 12.8. The Morgan fingerprint density at radius 3 is 2.68 bits per heavy atom. The van der Waals surface area contributed by atoms with Crippen LogP contribution in [0.5, 0.6) is 5.75 Å². The molecule has 3 heteroatoms. The van der Waals surface area contributed by atoms with E-state index in [4.69, 9.17) is 4.74 Å². The van der Waals surface area contributed by atoms with Crippen LogP contribution in [0.4, 0.5) is 0 Å². The van der Waals surface area contributed by atoms with Crippen LogP contribution in [0.3, 0.4) is 0 Å². The number of nitrogens with one attached hydrogen (secondary N) is 1. The highest BCUT2D eigenvalue weighted by atomic mass is 16.5. The first-order valence-corrected chi connectivity index (χ1v) is 6.73. The van der Waals surface area contributed by atoms with E-state index >= 15 is 0 Å². The minimum absolute atomic E-state index is 0.182. The largest absolute Gasteiger partial charge is 0.487 e. The van der Waals surface area contributed by atoms with E-state index in [0.717, 1.165) is 23.4 Å². The van der Waals surface area contributed by atoms with Gasteiger partial charge < -0.3 is 10.1 Å². The van der Waals surface area contributed by atoms with Gasteiger partial charge in [-0.05, 0) is 31.5 Å². The third-order valence-corrected chi connectivity index (χ3v) is 3.57. The third kappa shape index (κ3) is 2.76. The van der Waals surface area contributed by atoms with E-state index in [9.17, 15) is 0 Å². The average molecular weight is 254 g/mol. The second-order valence-corrected chi connectivity index (χ2v) is 4.95. The molecule has 0 bridgehead atoms. The summed E-state index contributed by atoms with van der Waals surface area (Å²) in [7, 11) is 0. The third-order valence-electron chi connectivity index (χ3n) is 3.57. The molecule has 1 unspecified atom stereocenters. The molecule has 1 fully saturated rings. The van der Waals surface area contributed by atoms with Crippen molar-refractivity contribution in [3.8, 4) is 16.9 Å². The zero-order valence-corrected chi connectivity index (χ0v) is 11.0. The number of ether oxygens (including phenoxy) is 1. The monoisotopic (exact) mass is 254 g/mol. The first kappa shape index (κ1) is 12.2. The van der Waals surface area contributed by atoms with Gasteiger partial charge in [0.2, 0.25) is 0 Å². The van der Waals surface area contributed by atoms with Crippen molar-refractivity contribution in [3.63, 3.8) is 0 Å². The van der Waals surface area contributed by atoms with Gasteiger partial charge in [0.05, 0.1) is 6.20 Å². The molecular weight excluding hydrogens is 236 g/mol. The lowest BCUT2D eigenvalue weighted by atomic mass is 10.0. The van der Waals surface area contributed by atoms with E-state index in [1.165, 1.54) is 6.42 Å².